The van der Waals surface area contributed by atoms with Gasteiger partial charge in [-0.15, -0.1) is 0 Å². The van der Waals surface area contributed by atoms with Gasteiger partial charge in [0.15, 0.2) is 0 Å². The van der Waals surface area contributed by atoms with Crippen molar-refractivity contribution in [3.8, 4) is 16.9 Å². The molecule has 0 spiro atoms. The van der Waals surface area contributed by atoms with Crippen molar-refractivity contribution in [3.63, 3.8) is 0 Å². The average Bonchev–Trinajstić information content (AvgIpc) is 2.73. The highest BCUT2D eigenvalue weighted by Gasteiger charge is 2.45. The number of aliphatic hydroxyl groups is 1. The number of rotatable bonds is 3. The van der Waals surface area contributed by atoms with Crippen LogP contribution in [0.25, 0.3) is 11.1 Å². The first-order valence-electron chi connectivity index (χ1n) is 9.77. The van der Waals surface area contributed by atoms with Gasteiger partial charge in [0.05, 0.1) is 0 Å². The summed E-state index contributed by atoms with van der Waals surface area (Å²) in [6.45, 7) is 1.62. The van der Waals surface area contributed by atoms with Gasteiger partial charge in [-0.2, -0.15) is 0 Å². The van der Waals surface area contributed by atoms with E-state index in [0.717, 1.165) is 6.42 Å². The minimum absolute atomic E-state index is 0.0273. The van der Waals surface area contributed by atoms with Crippen LogP contribution < -0.4 is 0 Å². The molecule has 0 radical (unpaired) electrons. The van der Waals surface area contributed by atoms with Gasteiger partial charge in [0, 0.05) is 37.3 Å². The van der Waals surface area contributed by atoms with Crippen LogP contribution in [-0.4, -0.2) is 63.6 Å². The van der Waals surface area contributed by atoms with Crippen molar-refractivity contribution in [3.05, 3.63) is 53.8 Å². The van der Waals surface area contributed by atoms with Gasteiger partial charge in [-0.1, -0.05) is 12.1 Å². The van der Waals surface area contributed by atoms with E-state index in [1.165, 1.54) is 18.2 Å². The number of carbonyl (C=O) groups is 2. The number of amides is 2. The van der Waals surface area contributed by atoms with Gasteiger partial charge in [-0.05, 0) is 55.2 Å². The Morgan fingerprint density at radius 1 is 0.931 bits per heavy atom. The Morgan fingerprint density at radius 2 is 1.55 bits per heavy atom. The van der Waals surface area contributed by atoms with Crippen molar-refractivity contribution in [1.29, 1.82) is 0 Å². The molecule has 0 atom stereocenters. The molecular formula is C22H23FN2O4. The largest absolute Gasteiger partial charge is 0.508 e. The molecule has 1 saturated carbocycles. The van der Waals surface area contributed by atoms with Crippen LogP contribution in [0, 0.1) is 5.82 Å². The second kappa shape index (κ2) is 7.48. The molecule has 4 rings (SSSR count). The highest BCUT2D eigenvalue weighted by Crippen LogP contribution is 2.33. The summed E-state index contributed by atoms with van der Waals surface area (Å²) in [5.41, 5.74) is 0.110. The molecule has 29 heavy (non-hydrogen) atoms. The number of phenolic OH excluding ortho intramolecular Hbond substituents is 1. The number of halogens is 1. The van der Waals surface area contributed by atoms with E-state index in [1.54, 1.807) is 34.1 Å². The van der Waals surface area contributed by atoms with E-state index in [2.05, 4.69) is 0 Å². The summed E-state index contributed by atoms with van der Waals surface area (Å²) < 4.78 is 14.0. The van der Waals surface area contributed by atoms with Crippen molar-refractivity contribution < 1.29 is 24.2 Å². The zero-order valence-electron chi connectivity index (χ0n) is 16.0. The van der Waals surface area contributed by atoms with E-state index in [1.807, 2.05) is 0 Å². The lowest BCUT2D eigenvalue weighted by Gasteiger charge is -2.42. The maximum absolute atomic E-state index is 14.0. The van der Waals surface area contributed by atoms with Crippen molar-refractivity contribution in [2.75, 3.05) is 26.2 Å². The molecule has 1 heterocycles. The first kappa shape index (κ1) is 19.4. The summed E-state index contributed by atoms with van der Waals surface area (Å²) >= 11 is 0. The summed E-state index contributed by atoms with van der Waals surface area (Å²) in [6, 6.07) is 10.4. The number of carbonyl (C=O) groups excluding carboxylic acids is 2. The second-order valence-corrected chi connectivity index (χ2v) is 7.71. The molecule has 2 N–H and O–H groups in total. The predicted octanol–water partition coefficient (Wildman–Crippen LogP) is 2.40. The third kappa shape index (κ3) is 3.70. The summed E-state index contributed by atoms with van der Waals surface area (Å²) in [7, 11) is 0. The number of piperazine rings is 1. The van der Waals surface area contributed by atoms with E-state index in [9.17, 15) is 24.2 Å². The molecule has 2 amide bonds. The maximum Gasteiger partial charge on any atom is 0.254 e. The first-order valence-corrected chi connectivity index (χ1v) is 9.77. The summed E-state index contributed by atoms with van der Waals surface area (Å²) in [4.78, 5) is 28.5. The molecule has 2 aromatic carbocycles. The second-order valence-electron chi connectivity index (χ2n) is 7.71. The van der Waals surface area contributed by atoms with Crippen LogP contribution >= 0.6 is 0 Å². The molecule has 0 aromatic heterocycles. The Labute approximate surface area is 168 Å². The van der Waals surface area contributed by atoms with Crippen LogP contribution in [0.15, 0.2) is 42.5 Å². The monoisotopic (exact) mass is 398 g/mol. The van der Waals surface area contributed by atoms with Crippen molar-refractivity contribution in [2.24, 2.45) is 0 Å². The zero-order chi connectivity index (χ0) is 20.6. The summed E-state index contributed by atoms with van der Waals surface area (Å²) in [5, 5.41) is 19.8. The number of hydrogen-bond donors (Lipinski definition) is 2. The molecule has 1 aliphatic carbocycles. The minimum atomic E-state index is -1.21. The average molecular weight is 398 g/mol. The molecular weight excluding hydrogens is 375 g/mol. The van der Waals surface area contributed by atoms with Gasteiger partial charge >= 0.3 is 0 Å². The molecule has 1 aliphatic heterocycles. The molecule has 2 aliphatic rings. The predicted molar refractivity (Wildman–Crippen MR) is 105 cm³/mol. The fourth-order valence-corrected chi connectivity index (χ4v) is 3.84. The number of benzene rings is 2. The van der Waals surface area contributed by atoms with E-state index in [0.29, 0.717) is 50.1 Å². The highest BCUT2D eigenvalue weighted by atomic mass is 19.1. The van der Waals surface area contributed by atoms with E-state index in [-0.39, 0.29) is 23.1 Å². The minimum Gasteiger partial charge on any atom is -0.508 e. The number of phenols is 1. The molecule has 6 nitrogen and oxygen atoms in total. The third-order valence-corrected chi connectivity index (χ3v) is 5.83. The van der Waals surface area contributed by atoms with Gasteiger partial charge in [-0.3, -0.25) is 9.59 Å². The van der Waals surface area contributed by atoms with E-state index in [4.69, 9.17) is 0 Å². The van der Waals surface area contributed by atoms with Crippen LogP contribution in [0.2, 0.25) is 0 Å². The Balaban J connectivity index is 1.40. The van der Waals surface area contributed by atoms with Crippen LogP contribution in [0.4, 0.5) is 4.39 Å². The van der Waals surface area contributed by atoms with E-state index < -0.39 is 11.4 Å². The molecule has 1 saturated heterocycles. The summed E-state index contributed by atoms with van der Waals surface area (Å²) in [6.07, 6.45) is 1.89. The lowest BCUT2D eigenvalue weighted by molar-refractivity contribution is -0.161. The van der Waals surface area contributed by atoms with Crippen LogP contribution in [0.5, 0.6) is 5.75 Å². The van der Waals surface area contributed by atoms with Crippen molar-refractivity contribution in [1.82, 2.24) is 9.80 Å². The van der Waals surface area contributed by atoms with Crippen LogP contribution in [-0.2, 0) is 4.79 Å². The fraction of sp³-hybridized carbons (Fsp3) is 0.364. The molecule has 7 heteroatoms. The molecule has 2 fully saturated rings. The van der Waals surface area contributed by atoms with Gasteiger partial charge in [-0.25, -0.2) is 4.39 Å². The standard InChI is InChI=1S/C22H23FN2O4/c23-19-7-6-17(26)14-18(19)15-2-4-16(5-3-15)20(27)24-10-12-25(13-11-24)21(28)22(29)8-1-9-22/h2-7,14,26,29H,1,8-13H2. The number of nitrogens with zero attached hydrogens (tertiary/aromatic N) is 2. The van der Waals surface area contributed by atoms with Crippen LogP contribution in [0.3, 0.4) is 0 Å². The Hall–Kier alpha value is -2.93. The molecule has 152 valence electrons. The lowest BCUT2D eigenvalue weighted by Crippen LogP contribution is -2.58. The third-order valence-electron chi connectivity index (χ3n) is 5.83. The topological polar surface area (TPSA) is 81.1 Å². The molecule has 0 unspecified atom stereocenters. The van der Waals surface area contributed by atoms with Gasteiger partial charge in [0.25, 0.3) is 11.8 Å². The zero-order valence-corrected chi connectivity index (χ0v) is 16.0. The highest BCUT2D eigenvalue weighted by molar-refractivity contribution is 5.95. The Kier molecular flexibility index (Phi) is 5.00. The molecule has 2 aromatic rings. The smallest absolute Gasteiger partial charge is 0.254 e. The normalized spacial score (nSPS) is 18.3. The van der Waals surface area contributed by atoms with E-state index >= 15 is 0 Å². The van der Waals surface area contributed by atoms with Gasteiger partial charge < -0.3 is 20.0 Å². The quantitative estimate of drug-likeness (QED) is 0.832. The Morgan fingerprint density at radius 3 is 2.14 bits per heavy atom. The summed E-state index contributed by atoms with van der Waals surface area (Å²) in [5.74, 6) is -0.855. The first-order chi connectivity index (χ1) is 13.9. The van der Waals surface area contributed by atoms with Crippen LogP contribution in [0.1, 0.15) is 29.6 Å². The van der Waals surface area contributed by atoms with Crippen molar-refractivity contribution in [2.45, 2.75) is 24.9 Å². The number of aromatic hydroxyl groups is 1. The lowest BCUT2D eigenvalue weighted by atomic mass is 9.79. The van der Waals surface area contributed by atoms with Crippen molar-refractivity contribution >= 4 is 11.8 Å². The van der Waals surface area contributed by atoms with Gasteiger partial charge in [0.2, 0.25) is 0 Å². The SMILES string of the molecule is O=C(c1ccc(-c2cc(O)ccc2F)cc1)N1CCN(C(=O)C2(O)CCC2)CC1. The number of hydrogen-bond acceptors (Lipinski definition) is 4. The molecule has 0 bridgehead atoms. The fourth-order valence-electron chi connectivity index (χ4n) is 3.84. The van der Waals surface area contributed by atoms with Gasteiger partial charge in [0.1, 0.15) is 17.2 Å². The Bertz CT molecular complexity index is 932. The maximum atomic E-state index is 14.0.